The summed E-state index contributed by atoms with van der Waals surface area (Å²) in [6.07, 6.45) is 0. The number of fused-ring (bicyclic) bond motifs is 1. The molecule has 0 radical (unpaired) electrons. The highest BCUT2D eigenvalue weighted by molar-refractivity contribution is 7.96. The predicted octanol–water partition coefficient (Wildman–Crippen LogP) is -0.288. The summed E-state index contributed by atoms with van der Waals surface area (Å²) in [6.45, 7) is 0. The van der Waals surface area contributed by atoms with Gasteiger partial charge in [0.2, 0.25) is 10.0 Å². The van der Waals surface area contributed by atoms with Crippen LogP contribution in [0.4, 0.5) is 10.5 Å². The van der Waals surface area contributed by atoms with Gasteiger partial charge in [-0.1, -0.05) is 18.2 Å². The molecule has 108 valence electrons. The molecule has 0 aliphatic carbocycles. The maximum atomic E-state index is 12.0. The summed E-state index contributed by atoms with van der Waals surface area (Å²) >= 11 is 0. The number of carbonyl (C=O) groups is 1. The molecule has 3 rings (SSSR count). The van der Waals surface area contributed by atoms with E-state index in [1.807, 2.05) is 4.72 Å². The SMILES string of the molecule is O=C1NS(=O)(=O)[C@H]2CS(=O)(=O)C[C@@H]2N1c1ccccc1. The van der Waals surface area contributed by atoms with E-state index in [-0.39, 0.29) is 5.75 Å². The number of amides is 2. The Bertz CT molecular complexity index is 757. The molecule has 20 heavy (non-hydrogen) atoms. The molecule has 1 aromatic rings. The second-order valence-corrected chi connectivity index (χ2v) is 8.89. The molecular formula is C11H12N2O5S2. The molecule has 2 amide bonds. The van der Waals surface area contributed by atoms with E-state index in [0.29, 0.717) is 5.69 Å². The third-order valence-corrected chi connectivity index (χ3v) is 7.15. The number of para-hydroxylation sites is 1. The molecule has 0 unspecified atom stereocenters. The summed E-state index contributed by atoms with van der Waals surface area (Å²) in [6, 6.07) is 6.74. The van der Waals surface area contributed by atoms with Gasteiger partial charge in [0.25, 0.3) is 0 Å². The van der Waals surface area contributed by atoms with Crippen LogP contribution in [0.25, 0.3) is 0 Å². The zero-order valence-corrected chi connectivity index (χ0v) is 11.9. The number of nitrogens with one attached hydrogen (secondary N) is 1. The van der Waals surface area contributed by atoms with Gasteiger partial charge in [-0.2, -0.15) is 0 Å². The first kappa shape index (κ1) is 13.4. The zero-order valence-electron chi connectivity index (χ0n) is 10.3. The second kappa shape index (κ2) is 4.19. The number of rotatable bonds is 1. The topological polar surface area (TPSA) is 101 Å². The van der Waals surface area contributed by atoms with Crippen LogP contribution < -0.4 is 9.62 Å². The van der Waals surface area contributed by atoms with E-state index in [1.54, 1.807) is 30.3 Å². The summed E-state index contributed by atoms with van der Waals surface area (Å²) in [7, 11) is -7.42. The van der Waals surface area contributed by atoms with E-state index < -0.39 is 42.9 Å². The molecule has 0 saturated carbocycles. The molecule has 2 heterocycles. The second-order valence-electron chi connectivity index (χ2n) is 4.84. The van der Waals surface area contributed by atoms with E-state index >= 15 is 0 Å². The van der Waals surface area contributed by atoms with Crippen molar-refractivity contribution in [1.29, 1.82) is 0 Å². The van der Waals surface area contributed by atoms with Gasteiger partial charge in [0.1, 0.15) is 5.25 Å². The summed E-state index contributed by atoms with van der Waals surface area (Å²) in [5.41, 5.74) is 0.479. The Balaban J connectivity index is 2.10. The molecule has 9 heteroatoms. The van der Waals surface area contributed by atoms with Crippen molar-refractivity contribution < 1.29 is 21.6 Å². The number of benzene rings is 1. The Morgan fingerprint density at radius 2 is 1.70 bits per heavy atom. The molecule has 2 fully saturated rings. The van der Waals surface area contributed by atoms with Crippen molar-refractivity contribution >= 4 is 31.6 Å². The molecule has 2 aliphatic heterocycles. The van der Waals surface area contributed by atoms with Crippen LogP contribution in [-0.4, -0.2) is 45.7 Å². The van der Waals surface area contributed by atoms with Gasteiger partial charge in [0, 0.05) is 5.69 Å². The minimum atomic E-state index is -3.94. The summed E-state index contributed by atoms with van der Waals surface area (Å²) in [4.78, 5) is 13.2. The first-order valence-electron chi connectivity index (χ1n) is 5.90. The van der Waals surface area contributed by atoms with E-state index in [4.69, 9.17) is 0 Å². The maximum absolute atomic E-state index is 12.0. The van der Waals surface area contributed by atoms with Gasteiger partial charge in [-0.3, -0.25) is 4.90 Å². The molecule has 0 aromatic heterocycles. The minimum Gasteiger partial charge on any atom is -0.288 e. The lowest BCUT2D eigenvalue weighted by Gasteiger charge is -2.36. The van der Waals surface area contributed by atoms with Crippen LogP contribution in [0.3, 0.4) is 0 Å². The number of carbonyl (C=O) groups excluding carboxylic acids is 1. The van der Waals surface area contributed by atoms with Crippen molar-refractivity contribution in [1.82, 2.24) is 4.72 Å². The molecule has 1 aromatic carbocycles. The van der Waals surface area contributed by atoms with Crippen LogP contribution in [0.2, 0.25) is 0 Å². The number of anilines is 1. The molecule has 2 saturated heterocycles. The van der Waals surface area contributed by atoms with Crippen molar-refractivity contribution in [3.8, 4) is 0 Å². The van der Waals surface area contributed by atoms with Crippen LogP contribution in [0, 0.1) is 0 Å². The van der Waals surface area contributed by atoms with E-state index in [1.165, 1.54) is 4.90 Å². The van der Waals surface area contributed by atoms with Gasteiger partial charge < -0.3 is 0 Å². The highest BCUT2D eigenvalue weighted by Gasteiger charge is 2.53. The van der Waals surface area contributed by atoms with Gasteiger partial charge in [-0.15, -0.1) is 0 Å². The first-order valence-corrected chi connectivity index (χ1v) is 9.27. The van der Waals surface area contributed by atoms with Gasteiger partial charge in [-0.25, -0.2) is 26.4 Å². The van der Waals surface area contributed by atoms with Gasteiger partial charge in [0.15, 0.2) is 9.84 Å². The van der Waals surface area contributed by atoms with Crippen molar-refractivity contribution in [2.75, 3.05) is 16.4 Å². The van der Waals surface area contributed by atoms with Gasteiger partial charge >= 0.3 is 6.03 Å². The Morgan fingerprint density at radius 1 is 1.05 bits per heavy atom. The van der Waals surface area contributed by atoms with Crippen molar-refractivity contribution in [3.05, 3.63) is 30.3 Å². The molecular weight excluding hydrogens is 304 g/mol. The predicted molar refractivity (Wildman–Crippen MR) is 72.6 cm³/mol. The van der Waals surface area contributed by atoms with E-state index in [2.05, 4.69) is 0 Å². The molecule has 7 nitrogen and oxygen atoms in total. The van der Waals surface area contributed by atoms with Crippen LogP contribution in [0.5, 0.6) is 0 Å². The number of hydrogen-bond acceptors (Lipinski definition) is 5. The highest BCUT2D eigenvalue weighted by Crippen LogP contribution is 2.31. The average Bonchev–Trinajstić information content (AvgIpc) is 2.66. The number of hydrogen-bond donors (Lipinski definition) is 1. The van der Waals surface area contributed by atoms with Crippen molar-refractivity contribution in [2.24, 2.45) is 0 Å². The summed E-state index contributed by atoms with van der Waals surface area (Å²) in [5, 5.41) is -1.12. The fourth-order valence-electron chi connectivity index (χ4n) is 2.63. The number of nitrogens with zero attached hydrogens (tertiary/aromatic N) is 1. The number of sulfonamides is 1. The smallest absolute Gasteiger partial charge is 0.288 e. The van der Waals surface area contributed by atoms with E-state index in [9.17, 15) is 21.6 Å². The fourth-order valence-corrected chi connectivity index (χ4v) is 6.97. The standard InChI is InChI=1S/C11H12N2O5S2/c14-11-12-20(17,18)10-7-19(15,16)6-9(10)13(11)8-4-2-1-3-5-8/h1-5,9-10H,6-7H2,(H,12,14)/t9-,10-/m0/s1. The zero-order chi connectivity index (χ0) is 14.5. The highest BCUT2D eigenvalue weighted by atomic mass is 32.2. The van der Waals surface area contributed by atoms with Crippen LogP contribution in [0.1, 0.15) is 0 Å². The lowest BCUT2D eigenvalue weighted by Crippen LogP contribution is -2.62. The quantitative estimate of drug-likeness (QED) is 0.767. The molecule has 0 spiro atoms. The Kier molecular flexibility index (Phi) is 2.80. The van der Waals surface area contributed by atoms with Crippen molar-refractivity contribution in [2.45, 2.75) is 11.3 Å². The maximum Gasteiger partial charge on any atom is 0.335 e. The minimum absolute atomic E-state index is 0.334. The fraction of sp³-hybridized carbons (Fsp3) is 0.364. The normalized spacial score (nSPS) is 30.6. The molecule has 0 bridgehead atoms. The Labute approximate surface area is 116 Å². The average molecular weight is 316 g/mol. The lowest BCUT2D eigenvalue weighted by atomic mass is 10.2. The Morgan fingerprint density at radius 3 is 2.35 bits per heavy atom. The third-order valence-electron chi connectivity index (χ3n) is 3.49. The molecule has 2 atom stereocenters. The molecule has 1 N–H and O–H groups in total. The Hall–Kier alpha value is -1.61. The van der Waals surface area contributed by atoms with Crippen LogP contribution >= 0.6 is 0 Å². The first-order chi connectivity index (χ1) is 9.30. The monoisotopic (exact) mass is 316 g/mol. The number of urea groups is 1. The largest absolute Gasteiger partial charge is 0.335 e. The van der Waals surface area contributed by atoms with Gasteiger partial charge in [0.05, 0.1) is 17.5 Å². The van der Waals surface area contributed by atoms with Gasteiger partial charge in [-0.05, 0) is 12.1 Å². The summed E-state index contributed by atoms with van der Waals surface area (Å²) < 4.78 is 49.2. The van der Waals surface area contributed by atoms with Crippen molar-refractivity contribution in [3.63, 3.8) is 0 Å². The third kappa shape index (κ3) is 2.06. The lowest BCUT2D eigenvalue weighted by molar-refractivity contribution is 0.247. The van der Waals surface area contributed by atoms with Crippen LogP contribution in [-0.2, 0) is 19.9 Å². The molecule has 2 aliphatic rings. The number of sulfone groups is 1. The summed E-state index contributed by atoms with van der Waals surface area (Å²) in [5.74, 6) is -0.789. The van der Waals surface area contributed by atoms with Crippen LogP contribution in [0.15, 0.2) is 30.3 Å². The van der Waals surface area contributed by atoms with E-state index in [0.717, 1.165) is 0 Å².